The van der Waals surface area contributed by atoms with Crippen LogP contribution in [0.2, 0.25) is 0 Å². The predicted octanol–water partition coefficient (Wildman–Crippen LogP) is 4.40. The van der Waals surface area contributed by atoms with E-state index in [2.05, 4.69) is 46.4 Å². The molecule has 2 rings (SSSR count). The summed E-state index contributed by atoms with van der Waals surface area (Å²) in [6.07, 6.45) is 0.769. The minimum absolute atomic E-state index is 0.0284. The third kappa shape index (κ3) is 3.64. The molecule has 2 aromatic carbocycles. The monoisotopic (exact) mass is 321 g/mol. The van der Waals surface area contributed by atoms with Gasteiger partial charge in [-0.2, -0.15) is 0 Å². The summed E-state index contributed by atoms with van der Waals surface area (Å²) in [5.41, 5.74) is 3.12. The molecular formula is C16H17BrFN. The molecule has 0 aromatic heterocycles. The van der Waals surface area contributed by atoms with Gasteiger partial charge in [0.05, 0.1) is 0 Å². The molecule has 1 nitrogen and oxygen atoms in total. The van der Waals surface area contributed by atoms with Gasteiger partial charge in [0.15, 0.2) is 0 Å². The Morgan fingerprint density at radius 2 is 2.00 bits per heavy atom. The molecule has 1 N–H and O–H groups in total. The van der Waals surface area contributed by atoms with Crippen molar-refractivity contribution in [1.82, 2.24) is 5.32 Å². The van der Waals surface area contributed by atoms with Gasteiger partial charge in [-0.15, -0.1) is 0 Å². The van der Waals surface area contributed by atoms with E-state index in [0.717, 1.165) is 10.9 Å². The number of likely N-dealkylation sites (N-methyl/N-ethyl adjacent to an activating group) is 1. The summed E-state index contributed by atoms with van der Waals surface area (Å²) >= 11 is 3.40. The van der Waals surface area contributed by atoms with Crippen molar-refractivity contribution in [1.29, 1.82) is 0 Å². The fourth-order valence-corrected chi connectivity index (χ4v) is 2.60. The number of aryl methyl sites for hydroxylation is 1. The molecule has 0 amide bonds. The van der Waals surface area contributed by atoms with Gasteiger partial charge >= 0.3 is 0 Å². The zero-order chi connectivity index (χ0) is 13.8. The van der Waals surface area contributed by atoms with Crippen molar-refractivity contribution in [3.8, 4) is 0 Å². The molecule has 19 heavy (non-hydrogen) atoms. The summed E-state index contributed by atoms with van der Waals surface area (Å²) in [6, 6.07) is 13.4. The van der Waals surface area contributed by atoms with Crippen LogP contribution in [0.5, 0.6) is 0 Å². The first-order valence-electron chi connectivity index (χ1n) is 6.28. The maximum Gasteiger partial charge on any atom is 0.128 e. The van der Waals surface area contributed by atoms with Crippen LogP contribution in [-0.4, -0.2) is 7.05 Å². The Labute approximate surface area is 122 Å². The van der Waals surface area contributed by atoms with Gasteiger partial charge in [0, 0.05) is 16.1 Å². The van der Waals surface area contributed by atoms with Crippen molar-refractivity contribution in [2.24, 2.45) is 0 Å². The predicted molar refractivity (Wildman–Crippen MR) is 80.8 cm³/mol. The summed E-state index contributed by atoms with van der Waals surface area (Å²) < 4.78 is 14.8. The van der Waals surface area contributed by atoms with Gasteiger partial charge in [-0.1, -0.05) is 45.8 Å². The molecule has 0 bridgehead atoms. The van der Waals surface area contributed by atoms with Gasteiger partial charge in [0.1, 0.15) is 5.82 Å². The third-order valence-electron chi connectivity index (χ3n) is 3.20. The fourth-order valence-electron chi connectivity index (χ4n) is 2.22. The molecule has 2 aromatic rings. The molecular weight excluding hydrogens is 305 g/mol. The standard InChI is InChI=1S/C16H17BrFN/c1-11-4-3-5-12(8-11)9-16(19-2)14-10-13(17)6-7-15(14)18/h3-8,10,16,19H,9H2,1-2H3. The SMILES string of the molecule is CNC(Cc1cccc(C)c1)c1cc(Br)ccc1F. The van der Waals surface area contributed by atoms with Gasteiger partial charge in [0.2, 0.25) is 0 Å². The average Bonchev–Trinajstić information content (AvgIpc) is 2.39. The fraction of sp³-hybridized carbons (Fsp3) is 0.250. The van der Waals surface area contributed by atoms with Crippen LogP contribution in [0.15, 0.2) is 46.9 Å². The van der Waals surface area contributed by atoms with Gasteiger partial charge in [-0.3, -0.25) is 0 Å². The molecule has 0 saturated carbocycles. The lowest BCUT2D eigenvalue weighted by Gasteiger charge is -2.18. The van der Waals surface area contributed by atoms with E-state index in [0.29, 0.717) is 5.56 Å². The molecule has 0 aliphatic heterocycles. The highest BCUT2D eigenvalue weighted by Gasteiger charge is 2.15. The molecule has 0 radical (unpaired) electrons. The maximum atomic E-state index is 13.9. The first-order chi connectivity index (χ1) is 9.10. The number of halogens is 2. The number of benzene rings is 2. The largest absolute Gasteiger partial charge is 0.313 e. The second-order valence-corrected chi connectivity index (χ2v) is 5.62. The molecule has 0 aliphatic carbocycles. The summed E-state index contributed by atoms with van der Waals surface area (Å²) in [4.78, 5) is 0. The van der Waals surface area contributed by atoms with Crippen molar-refractivity contribution < 1.29 is 4.39 Å². The highest BCUT2D eigenvalue weighted by atomic mass is 79.9. The molecule has 0 heterocycles. The first-order valence-corrected chi connectivity index (χ1v) is 7.07. The van der Waals surface area contributed by atoms with E-state index < -0.39 is 0 Å². The molecule has 3 heteroatoms. The highest BCUT2D eigenvalue weighted by Crippen LogP contribution is 2.24. The molecule has 0 saturated heterocycles. The van der Waals surface area contributed by atoms with Gasteiger partial charge < -0.3 is 5.32 Å². The number of rotatable bonds is 4. The van der Waals surface area contributed by atoms with Crippen LogP contribution >= 0.6 is 15.9 Å². The van der Waals surface area contributed by atoms with E-state index in [9.17, 15) is 4.39 Å². The Morgan fingerprint density at radius 3 is 2.68 bits per heavy atom. The zero-order valence-corrected chi connectivity index (χ0v) is 12.7. The average molecular weight is 322 g/mol. The molecule has 1 unspecified atom stereocenters. The Balaban J connectivity index is 2.27. The second-order valence-electron chi connectivity index (χ2n) is 4.70. The van der Waals surface area contributed by atoms with E-state index >= 15 is 0 Å². The Hall–Kier alpha value is -1.19. The van der Waals surface area contributed by atoms with Crippen LogP contribution in [0.1, 0.15) is 22.7 Å². The van der Waals surface area contributed by atoms with Gasteiger partial charge in [-0.25, -0.2) is 4.39 Å². The van der Waals surface area contributed by atoms with E-state index in [1.807, 2.05) is 19.2 Å². The molecule has 0 aliphatic rings. The lowest BCUT2D eigenvalue weighted by atomic mass is 9.97. The van der Waals surface area contributed by atoms with Crippen LogP contribution in [0.25, 0.3) is 0 Å². The van der Waals surface area contributed by atoms with Gasteiger partial charge in [-0.05, 0) is 44.2 Å². The van der Waals surface area contributed by atoms with Crippen molar-refractivity contribution in [3.63, 3.8) is 0 Å². The normalized spacial score (nSPS) is 12.4. The van der Waals surface area contributed by atoms with E-state index in [1.165, 1.54) is 17.2 Å². The van der Waals surface area contributed by atoms with Crippen molar-refractivity contribution in [2.45, 2.75) is 19.4 Å². The Kier molecular flexibility index (Phi) is 4.72. The number of hydrogen-bond donors (Lipinski definition) is 1. The van der Waals surface area contributed by atoms with Crippen LogP contribution < -0.4 is 5.32 Å². The minimum Gasteiger partial charge on any atom is -0.313 e. The summed E-state index contributed by atoms with van der Waals surface area (Å²) in [7, 11) is 1.86. The molecule has 100 valence electrons. The van der Waals surface area contributed by atoms with Crippen LogP contribution in [-0.2, 0) is 6.42 Å². The molecule has 0 spiro atoms. The number of hydrogen-bond acceptors (Lipinski definition) is 1. The summed E-state index contributed by atoms with van der Waals surface area (Å²) in [5.74, 6) is -0.171. The quantitative estimate of drug-likeness (QED) is 0.880. The molecule has 1 atom stereocenters. The van der Waals surface area contributed by atoms with Crippen LogP contribution in [0, 0.1) is 12.7 Å². The van der Waals surface area contributed by atoms with Crippen molar-refractivity contribution in [3.05, 3.63) is 69.4 Å². The third-order valence-corrected chi connectivity index (χ3v) is 3.70. The van der Waals surface area contributed by atoms with Crippen molar-refractivity contribution in [2.75, 3.05) is 7.05 Å². The van der Waals surface area contributed by atoms with E-state index in [1.54, 1.807) is 6.07 Å². The van der Waals surface area contributed by atoms with Crippen LogP contribution in [0.4, 0.5) is 4.39 Å². The van der Waals surface area contributed by atoms with Crippen molar-refractivity contribution >= 4 is 15.9 Å². The summed E-state index contributed by atoms with van der Waals surface area (Å²) in [5, 5.41) is 3.19. The Morgan fingerprint density at radius 1 is 1.21 bits per heavy atom. The smallest absolute Gasteiger partial charge is 0.128 e. The summed E-state index contributed by atoms with van der Waals surface area (Å²) in [6.45, 7) is 2.07. The van der Waals surface area contributed by atoms with Gasteiger partial charge in [0.25, 0.3) is 0 Å². The first kappa shape index (κ1) is 14.2. The zero-order valence-electron chi connectivity index (χ0n) is 11.1. The Bertz CT molecular complexity index is 568. The van der Waals surface area contributed by atoms with Crippen LogP contribution in [0.3, 0.4) is 0 Å². The second kappa shape index (κ2) is 6.31. The lowest BCUT2D eigenvalue weighted by Crippen LogP contribution is -2.20. The number of nitrogens with one attached hydrogen (secondary N) is 1. The van der Waals surface area contributed by atoms with E-state index in [-0.39, 0.29) is 11.9 Å². The topological polar surface area (TPSA) is 12.0 Å². The lowest BCUT2D eigenvalue weighted by molar-refractivity contribution is 0.533. The highest BCUT2D eigenvalue weighted by molar-refractivity contribution is 9.10. The minimum atomic E-state index is -0.171. The maximum absolute atomic E-state index is 13.9. The molecule has 0 fully saturated rings. The van der Waals surface area contributed by atoms with E-state index in [4.69, 9.17) is 0 Å².